The molecule has 16 heavy (non-hydrogen) atoms. The van der Waals surface area contributed by atoms with Gasteiger partial charge in [0.15, 0.2) is 0 Å². The summed E-state index contributed by atoms with van der Waals surface area (Å²) in [5.74, 6) is 0.820. The molecule has 1 N–H and O–H groups in total. The maximum absolute atomic E-state index is 11.1. The molecule has 0 aromatic carbocycles. The number of rotatable bonds is 2. The van der Waals surface area contributed by atoms with E-state index in [1.54, 1.807) is 0 Å². The minimum atomic E-state index is -0.639. The lowest BCUT2D eigenvalue weighted by atomic mass is 9.77. The number of hydrogen-bond acceptors (Lipinski definition) is 2. The Balaban J connectivity index is 0.00000128. The summed E-state index contributed by atoms with van der Waals surface area (Å²) in [6.07, 6.45) is 5.86. The molecule has 0 bridgehead atoms. The Kier molecular flexibility index (Phi) is 4.62. The summed E-state index contributed by atoms with van der Waals surface area (Å²) >= 11 is 0. The molecular formula is C12H22ClNO2. The van der Waals surface area contributed by atoms with Gasteiger partial charge < -0.3 is 5.11 Å². The van der Waals surface area contributed by atoms with Crippen LogP contribution in [0.25, 0.3) is 0 Å². The number of likely N-dealkylation sites (N-methyl/N-ethyl adjacent to an activating group) is 1. The van der Waals surface area contributed by atoms with E-state index < -0.39 is 5.97 Å². The van der Waals surface area contributed by atoms with Gasteiger partial charge in [-0.3, -0.25) is 9.69 Å². The largest absolute Gasteiger partial charge is 0.480 e. The smallest absolute Gasteiger partial charge is 0.320 e. The van der Waals surface area contributed by atoms with Crippen molar-refractivity contribution in [2.45, 2.75) is 51.1 Å². The highest BCUT2D eigenvalue weighted by atomic mass is 35.5. The predicted octanol–water partition coefficient (Wildman–Crippen LogP) is 2.39. The van der Waals surface area contributed by atoms with E-state index >= 15 is 0 Å². The number of fused-ring (bicyclic) bond motifs is 1. The zero-order valence-corrected chi connectivity index (χ0v) is 10.9. The van der Waals surface area contributed by atoms with Crippen molar-refractivity contribution in [3.8, 4) is 0 Å². The van der Waals surface area contributed by atoms with E-state index in [1.165, 1.54) is 25.7 Å². The highest BCUT2D eigenvalue weighted by Crippen LogP contribution is 2.41. The lowest BCUT2D eigenvalue weighted by Gasteiger charge is -2.34. The fourth-order valence-corrected chi connectivity index (χ4v) is 3.40. The number of likely N-dealkylation sites (tertiary alicyclic amines) is 1. The Morgan fingerprint density at radius 3 is 2.62 bits per heavy atom. The maximum Gasteiger partial charge on any atom is 0.320 e. The molecule has 0 radical (unpaired) electrons. The molecule has 0 spiro atoms. The standard InChI is InChI=1S/C12H21NO2.ClH/c1-3-8-4-5-9-7-11(12(14)15)13(2)10(9)6-8;/h8-11H,3-7H2,1-2H3,(H,14,15);1H. The highest BCUT2D eigenvalue weighted by molar-refractivity contribution is 5.85. The summed E-state index contributed by atoms with van der Waals surface area (Å²) in [5, 5.41) is 9.11. The molecule has 1 saturated carbocycles. The third kappa shape index (κ3) is 2.35. The van der Waals surface area contributed by atoms with Gasteiger partial charge in [0.25, 0.3) is 0 Å². The molecule has 1 aliphatic carbocycles. The Morgan fingerprint density at radius 2 is 2.06 bits per heavy atom. The van der Waals surface area contributed by atoms with Gasteiger partial charge in [0.2, 0.25) is 0 Å². The molecule has 1 heterocycles. The first-order valence-electron chi connectivity index (χ1n) is 6.08. The fraction of sp³-hybridized carbons (Fsp3) is 0.917. The topological polar surface area (TPSA) is 40.5 Å². The van der Waals surface area contributed by atoms with E-state index in [2.05, 4.69) is 11.8 Å². The maximum atomic E-state index is 11.1. The Hall–Kier alpha value is -0.280. The molecule has 2 rings (SSSR count). The van der Waals surface area contributed by atoms with Crippen molar-refractivity contribution in [3.05, 3.63) is 0 Å². The highest BCUT2D eigenvalue weighted by Gasteiger charge is 2.44. The van der Waals surface area contributed by atoms with Crippen LogP contribution in [-0.2, 0) is 4.79 Å². The average molecular weight is 248 g/mol. The van der Waals surface area contributed by atoms with E-state index in [1.807, 2.05) is 7.05 Å². The van der Waals surface area contributed by atoms with Crippen LogP contribution in [0.1, 0.15) is 39.0 Å². The van der Waals surface area contributed by atoms with E-state index in [4.69, 9.17) is 5.11 Å². The van der Waals surface area contributed by atoms with Crippen LogP contribution in [0.2, 0.25) is 0 Å². The number of halogens is 1. The van der Waals surface area contributed by atoms with E-state index in [-0.39, 0.29) is 18.4 Å². The van der Waals surface area contributed by atoms with Crippen molar-refractivity contribution >= 4 is 18.4 Å². The van der Waals surface area contributed by atoms with Crippen molar-refractivity contribution in [3.63, 3.8) is 0 Å². The minimum absolute atomic E-state index is 0. The van der Waals surface area contributed by atoms with Gasteiger partial charge in [-0.1, -0.05) is 19.8 Å². The quantitative estimate of drug-likeness (QED) is 0.815. The fourth-order valence-electron chi connectivity index (χ4n) is 3.40. The molecule has 3 nitrogen and oxygen atoms in total. The lowest BCUT2D eigenvalue weighted by Crippen LogP contribution is -2.40. The van der Waals surface area contributed by atoms with Gasteiger partial charge in [0.1, 0.15) is 6.04 Å². The van der Waals surface area contributed by atoms with Crippen LogP contribution in [0.15, 0.2) is 0 Å². The zero-order chi connectivity index (χ0) is 11.0. The van der Waals surface area contributed by atoms with E-state index in [9.17, 15) is 4.79 Å². The number of hydrogen-bond donors (Lipinski definition) is 1. The molecule has 1 aliphatic heterocycles. The molecule has 1 saturated heterocycles. The first kappa shape index (κ1) is 13.8. The number of aliphatic carboxylic acids is 1. The average Bonchev–Trinajstić information content (AvgIpc) is 2.56. The second-order valence-electron chi connectivity index (χ2n) is 5.17. The first-order valence-corrected chi connectivity index (χ1v) is 6.08. The molecule has 0 aromatic rings. The van der Waals surface area contributed by atoms with Crippen molar-refractivity contribution in [1.82, 2.24) is 4.90 Å². The van der Waals surface area contributed by atoms with Crippen LogP contribution in [0.5, 0.6) is 0 Å². The van der Waals surface area contributed by atoms with Gasteiger partial charge in [0, 0.05) is 6.04 Å². The summed E-state index contributed by atoms with van der Waals surface area (Å²) in [4.78, 5) is 13.2. The van der Waals surface area contributed by atoms with Crippen molar-refractivity contribution in [2.24, 2.45) is 11.8 Å². The zero-order valence-electron chi connectivity index (χ0n) is 10.1. The minimum Gasteiger partial charge on any atom is -0.480 e. The summed E-state index contributed by atoms with van der Waals surface area (Å²) in [5.41, 5.74) is 0. The number of carbonyl (C=O) groups is 1. The lowest BCUT2D eigenvalue weighted by molar-refractivity contribution is -0.142. The summed E-state index contributed by atoms with van der Waals surface area (Å²) in [6.45, 7) is 2.24. The van der Waals surface area contributed by atoms with E-state index in [0.717, 1.165) is 12.3 Å². The first-order chi connectivity index (χ1) is 7.13. The SMILES string of the molecule is CCC1CCC2CC(C(=O)O)N(C)C2C1.Cl. The molecular weight excluding hydrogens is 226 g/mol. The van der Waals surface area contributed by atoms with Gasteiger partial charge in [-0.2, -0.15) is 0 Å². The van der Waals surface area contributed by atoms with Crippen molar-refractivity contribution < 1.29 is 9.90 Å². The molecule has 2 aliphatic rings. The van der Waals surface area contributed by atoms with Crippen molar-refractivity contribution in [1.29, 1.82) is 0 Å². The number of carboxylic acids is 1. The van der Waals surface area contributed by atoms with Crippen LogP contribution < -0.4 is 0 Å². The van der Waals surface area contributed by atoms with E-state index in [0.29, 0.717) is 12.0 Å². The number of carboxylic acid groups (broad SMARTS) is 1. The number of nitrogens with zero attached hydrogens (tertiary/aromatic N) is 1. The van der Waals surface area contributed by atoms with Gasteiger partial charge >= 0.3 is 5.97 Å². The second kappa shape index (κ2) is 5.37. The van der Waals surface area contributed by atoms with Crippen LogP contribution in [0, 0.1) is 11.8 Å². The molecule has 4 heteroatoms. The van der Waals surface area contributed by atoms with Gasteiger partial charge in [-0.05, 0) is 38.1 Å². The van der Waals surface area contributed by atoms with Crippen molar-refractivity contribution in [2.75, 3.05) is 7.05 Å². The molecule has 2 fully saturated rings. The van der Waals surface area contributed by atoms with Gasteiger partial charge in [0.05, 0.1) is 0 Å². The van der Waals surface area contributed by atoms with Crippen LogP contribution in [-0.4, -0.2) is 35.1 Å². The summed E-state index contributed by atoms with van der Waals surface area (Å²) < 4.78 is 0. The summed E-state index contributed by atoms with van der Waals surface area (Å²) in [7, 11) is 1.99. The molecule has 4 atom stereocenters. The Morgan fingerprint density at radius 1 is 1.38 bits per heavy atom. The Bertz CT molecular complexity index is 259. The van der Waals surface area contributed by atoms with Crippen LogP contribution >= 0.6 is 12.4 Å². The van der Waals surface area contributed by atoms with Crippen LogP contribution in [0.4, 0.5) is 0 Å². The summed E-state index contributed by atoms with van der Waals surface area (Å²) in [6, 6.07) is 0.306. The molecule has 94 valence electrons. The third-order valence-corrected chi connectivity index (χ3v) is 4.47. The monoisotopic (exact) mass is 247 g/mol. The van der Waals surface area contributed by atoms with Gasteiger partial charge in [-0.15, -0.1) is 12.4 Å². The molecule has 0 amide bonds. The predicted molar refractivity (Wildman–Crippen MR) is 66.0 cm³/mol. The molecule has 4 unspecified atom stereocenters. The third-order valence-electron chi connectivity index (χ3n) is 4.47. The Labute approximate surface area is 104 Å². The second-order valence-corrected chi connectivity index (χ2v) is 5.17. The van der Waals surface area contributed by atoms with Gasteiger partial charge in [-0.25, -0.2) is 0 Å². The molecule has 0 aromatic heterocycles. The van der Waals surface area contributed by atoms with Crippen LogP contribution in [0.3, 0.4) is 0 Å². The normalized spacial score (nSPS) is 38.9.